The Labute approximate surface area is 113 Å². The molecule has 2 aromatic rings. The van der Waals surface area contributed by atoms with E-state index < -0.39 is 0 Å². The molecule has 0 aromatic carbocycles. The van der Waals surface area contributed by atoms with E-state index in [4.69, 9.17) is 0 Å². The number of aromatic amines is 1. The van der Waals surface area contributed by atoms with Gasteiger partial charge in [0.25, 0.3) is 0 Å². The maximum absolute atomic E-state index is 4.26. The maximum Gasteiger partial charge on any atom is 0.0921 e. The van der Waals surface area contributed by atoms with Gasteiger partial charge in [-0.1, -0.05) is 24.5 Å². The number of aryl methyl sites for hydroxylation is 2. The zero-order chi connectivity index (χ0) is 12.9. The maximum atomic E-state index is 4.26. The molecule has 3 rings (SSSR count). The van der Waals surface area contributed by atoms with Gasteiger partial charge in [0.1, 0.15) is 0 Å². The van der Waals surface area contributed by atoms with Crippen LogP contribution >= 0.6 is 0 Å². The molecule has 0 atom stereocenters. The van der Waals surface area contributed by atoms with Gasteiger partial charge in [-0.25, -0.2) is 4.98 Å². The lowest BCUT2D eigenvalue weighted by Gasteiger charge is -2.20. The zero-order valence-corrected chi connectivity index (χ0v) is 11.3. The van der Waals surface area contributed by atoms with Gasteiger partial charge in [-0.15, -0.1) is 5.10 Å². The normalized spacial score (nSPS) is 16.8. The smallest absolute Gasteiger partial charge is 0.0921 e. The van der Waals surface area contributed by atoms with Crippen LogP contribution in [0.15, 0.2) is 18.7 Å². The summed E-state index contributed by atoms with van der Waals surface area (Å²) in [5, 5.41) is 8.51. The summed E-state index contributed by atoms with van der Waals surface area (Å²) in [5.41, 5.74) is 2.23. The first-order valence-electron chi connectivity index (χ1n) is 7.26. The third kappa shape index (κ3) is 3.43. The molecular formula is C14H21N5. The molecule has 5 heteroatoms. The number of imidazole rings is 1. The fourth-order valence-electron chi connectivity index (χ4n) is 2.86. The van der Waals surface area contributed by atoms with E-state index in [1.165, 1.54) is 32.1 Å². The standard InChI is InChI=1S/C14H21N5/c1-2-4-12(5-3-1)9-19-10-14(17-18-19)7-6-13-8-15-11-16-13/h8,10-12H,1-7,9H2,(H,15,16). The summed E-state index contributed by atoms with van der Waals surface area (Å²) in [7, 11) is 0. The van der Waals surface area contributed by atoms with Gasteiger partial charge in [0.2, 0.25) is 0 Å². The van der Waals surface area contributed by atoms with Crippen LogP contribution < -0.4 is 0 Å². The van der Waals surface area contributed by atoms with Crippen LogP contribution in [0.4, 0.5) is 0 Å². The van der Waals surface area contributed by atoms with Crippen LogP contribution in [0.5, 0.6) is 0 Å². The predicted molar refractivity (Wildman–Crippen MR) is 72.6 cm³/mol. The van der Waals surface area contributed by atoms with Crippen molar-refractivity contribution in [1.82, 2.24) is 25.0 Å². The van der Waals surface area contributed by atoms with Crippen molar-refractivity contribution in [1.29, 1.82) is 0 Å². The molecule has 0 amide bonds. The van der Waals surface area contributed by atoms with Gasteiger partial charge in [-0.3, -0.25) is 4.68 Å². The second-order valence-electron chi connectivity index (χ2n) is 5.51. The van der Waals surface area contributed by atoms with Gasteiger partial charge in [0.05, 0.1) is 12.0 Å². The molecule has 0 unspecified atom stereocenters. The fourth-order valence-corrected chi connectivity index (χ4v) is 2.86. The molecule has 0 radical (unpaired) electrons. The summed E-state index contributed by atoms with van der Waals surface area (Å²) in [6.45, 7) is 1.04. The molecule has 5 nitrogen and oxygen atoms in total. The van der Waals surface area contributed by atoms with Crippen LogP contribution in [-0.2, 0) is 19.4 Å². The number of rotatable bonds is 5. The Bertz CT molecular complexity index is 482. The number of hydrogen-bond donors (Lipinski definition) is 1. The van der Waals surface area contributed by atoms with Crippen molar-refractivity contribution in [2.45, 2.75) is 51.5 Å². The minimum Gasteiger partial charge on any atom is -0.348 e. The SMILES string of the molecule is c1ncc(CCc2cn(CC3CCCCC3)nn2)[nH]1. The Morgan fingerprint density at radius 2 is 2.11 bits per heavy atom. The average molecular weight is 259 g/mol. The molecule has 0 bridgehead atoms. The highest BCUT2D eigenvalue weighted by Gasteiger charge is 2.14. The Balaban J connectivity index is 1.51. The zero-order valence-electron chi connectivity index (χ0n) is 11.3. The summed E-state index contributed by atoms with van der Waals surface area (Å²) >= 11 is 0. The summed E-state index contributed by atoms with van der Waals surface area (Å²) in [6.07, 6.45) is 14.4. The van der Waals surface area contributed by atoms with Crippen molar-refractivity contribution in [2.24, 2.45) is 5.92 Å². The van der Waals surface area contributed by atoms with Crippen molar-refractivity contribution in [2.75, 3.05) is 0 Å². The fraction of sp³-hybridized carbons (Fsp3) is 0.643. The first-order chi connectivity index (χ1) is 9.40. The van der Waals surface area contributed by atoms with Gasteiger partial charge >= 0.3 is 0 Å². The molecule has 1 saturated carbocycles. The third-order valence-corrected chi connectivity index (χ3v) is 3.96. The van der Waals surface area contributed by atoms with Crippen molar-refractivity contribution in [3.63, 3.8) is 0 Å². The van der Waals surface area contributed by atoms with E-state index in [-0.39, 0.29) is 0 Å². The van der Waals surface area contributed by atoms with Gasteiger partial charge < -0.3 is 4.98 Å². The molecule has 19 heavy (non-hydrogen) atoms. The van der Waals surface area contributed by atoms with Crippen molar-refractivity contribution >= 4 is 0 Å². The molecule has 0 saturated heterocycles. The monoisotopic (exact) mass is 259 g/mol. The molecule has 1 aliphatic carbocycles. The van der Waals surface area contributed by atoms with Crippen molar-refractivity contribution in [3.05, 3.63) is 30.1 Å². The molecule has 1 aliphatic rings. The summed E-state index contributed by atoms with van der Waals surface area (Å²) in [5.74, 6) is 0.802. The van der Waals surface area contributed by atoms with Crippen LogP contribution in [0, 0.1) is 5.92 Å². The topological polar surface area (TPSA) is 59.4 Å². The van der Waals surface area contributed by atoms with Gasteiger partial charge in [-0.05, 0) is 31.6 Å². The molecule has 102 valence electrons. The van der Waals surface area contributed by atoms with Gasteiger partial charge in [-0.2, -0.15) is 0 Å². The highest BCUT2D eigenvalue weighted by atomic mass is 15.4. The Hall–Kier alpha value is -1.65. The second kappa shape index (κ2) is 5.99. The minimum absolute atomic E-state index is 0.802. The molecule has 0 aliphatic heterocycles. The van der Waals surface area contributed by atoms with Crippen LogP contribution in [0.25, 0.3) is 0 Å². The van der Waals surface area contributed by atoms with Crippen LogP contribution in [-0.4, -0.2) is 25.0 Å². The van der Waals surface area contributed by atoms with E-state index in [0.29, 0.717) is 0 Å². The molecular weight excluding hydrogens is 238 g/mol. The number of nitrogens with zero attached hydrogens (tertiary/aromatic N) is 4. The quantitative estimate of drug-likeness (QED) is 0.896. The minimum atomic E-state index is 0.802. The lowest BCUT2D eigenvalue weighted by atomic mass is 9.89. The third-order valence-electron chi connectivity index (χ3n) is 3.96. The molecule has 1 fully saturated rings. The van der Waals surface area contributed by atoms with E-state index in [9.17, 15) is 0 Å². The predicted octanol–water partition coefficient (Wildman–Crippen LogP) is 2.37. The van der Waals surface area contributed by atoms with Crippen LogP contribution in [0.1, 0.15) is 43.5 Å². The lowest BCUT2D eigenvalue weighted by Crippen LogP contribution is -2.14. The highest BCUT2D eigenvalue weighted by Crippen LogP contribution is 2.24. The Morgan fingerprint density at radius 1 is 1.21 bits per heavy atom. The largest absolute Gasteiger partial charge is 0.348 e. The first-order valence-corrected chi connectivity index (χ1v) is 7.26. The number of H-pyrrole nitrogens is 1. The van der Waals surface area contributed by atoms with E-state index in [2.05, 4.69) is 26.5 Å². The average Bonchev–Trinajstić information content (AvgIpc) is 3.09. The lowest BCUT2D eigenvalue weighted by molar-refractivity contribution is 0.305. The van der Waals surface area contributed by atoms with Crippen molar-refractivity contribution in [3.8, 4) is 0 Å². The first kappa shape index (κ1) is 12.4. The molecule has 0 spiro atoms. The van der Waals surface area contributed by atoms with Gasteiger partial charge in [0, 0.05) is 24.6 Å². The number of aromatic nitrogens is 5. The van der Waals surface area contributed by atoms with E-state index in [0.717, 1.165) is 36.7 Å². The van der Waals surface area contributed by atoms with E-state index >= 15 is 0 Å². The summed E-state index contributed by atoms with van der Waals surface area (Å²) < 4.78 is 2.03. The molecule has 2 aromatic heterocycles. The summed E-state index contributed by atoms with van der Waals surface area (Å²) in [6, 6.07) is 0. The van der Waals surface area contributed by atoms with E-state index in [1.807, 2.05) is 10.9 Å². The van der Waals surface area contributed by atoms with Crippen LogP contribution in [0.2, 0.25) is 0 Å². The number of hydrogen-bond acceptors (Lipinski definition) is 3. The van der Waals surface area contributed by atoms with Crippen molar-refractivity contribution < 1.29 is 0 Å². The second-order valence-corrected chi connectivity index (χ2v) is 5.51. The molecule has 1 N–H and O–H groups in total. The van der Waals surface area contributed by atoms with Gasteiger partial charge in [0.15, 0.2) is 0 Å². The molecule has 2 heterocycles. The van der Waals surface area contributed by atoms with Crippen LogP contribution in [0.3, 0.4) is 0 Å². The Morgan fingerprint density at radius 3 is 2.89 bits per heavy atom. The van der Waals surface area contributed by atoms with E-state index in [1.54, 1.807) is 6.33 Å². The summed E-state index contributed by atoms with van der Waals surface area (Å²) in [4.78, 5) is 7.13. The highest BCUT2D eigenvalue weighted by molar-refractivity contribution is 5.00. The number of nitrogens with one attached hydrogen (secondary N) is 1. The Kier molecular flexibility index (Phi) is 3.91.